The van der Waals surface area contributed by atoms with Crippen LogP contribution in [-0.2, 0) is 4.74 Å². The van der Waals surface area contributed by atoms with Gasteiger partial charge in [0.05, 0.1) is 33.5 Å². The minimum atomic E-state index is 0.0328. The van der Waals surface area contributed by atoms with Crippen LogP contribution in [0.25, 0.3) is 0 Å². The molecule has 6 heteroatoms. The van der Waals surface area contributed by atoms with Crippen LogP contribution in [-0.4, -0.2) is 74.9 Å². The average molecular weight is 346 g/mol. The van der Waals surface area contributed by atoms with Crippen molar-refractivity contribution in [2.75, 3.05) is 47.1 Å². The standard InChI is InChI=1S/C19H26N2O4/c1-23-16-7-14(8-17(9-16)24-2)19(22)20-5-6-21-15(10-20)11-25-12-18(21)13-3-4-13/h7-9,13,15,18H,3-6,10-12H2,1-2H3. The number of benzene rings is 1. The van der Waals surface area contributed by atoms with E-state index in [9.17, 15) is 4.79 Å². The van der Waals surface area contributed by atoms with E-state index in [4.69, 9.17) is 14.2 Å². The maximum atomic E-state index is 13.0. The zero-order valence-electron chi connectivity index (χ0n) is 14.9. The van der Waals surface area contributed by atoms with Gasteiger partial charge < -0.3 is 19.1 Å². The summed E-state index contributed by atoms with van der Waals surface area (Å²) in [5.74, 6) is 2.10. The number of amides is 1. The summed E-state index contributed by atoms with van der Waals surface area (Å²) in [5.41, 5.74) is 0.611. The van der Waals surface area contributed by atoms with E-state index >= 15 is 0 Å². The highest BCUT2D eigenvalue weighted by Gasteiger charge is 2.43. The normalized spacial score (nSPS) is 26.9. The molecule has 1 aromatic rings. The fourth-order valence-corrected chi connectivity index (χ4v) is 4.06. The predicted molar refractivity (Wildman–Crippen MR) is 93.3 cm³/mol. The number of methoxy groups -OCH3 is 2. The Labute approximate surface area is 148 Å². The zero-order chi connectivity index (χ0) is 17.4. The summed E-state index contributed by atoms with van der Waals surface area (Å²) in [6.45, 7) is 3.98. The van der Waals surface area contributed by atoms with Crippen molar-refractivity contribution in [3.05, 3.63) is 23.8 Å². The smallest absolute Gasteiger partial charge is 0.254 e. The first-order valence-corrected chi connectivity index (χ1v) is 9.05. The molecule has 2 heterocycles. The summed E-state index contributed by atoms with van der Waals surface area (Å²) in [4.78, 5) is 17.5. The highest BCUT2D eigenvalue weighted by molar-refractivity contribution is 5.95. The van der Waals surface area contributed by atoms with E-state index in [2.05, 4.69) is 4.90 Å². The molecule has 0 bridgehead atoms. The molecule has 1 saturated carbocycles. The van der Waals surface area contributed by atoms with Gasteiger partial charge in [0.2, 0.25) is 0 Å². The molecule has 3 aliphatic rings. The Morgan fingerprint density at radius 2 is 1.80 bits per heavy atom. The largest absolute Gasteiger partial charge is 0.497 e. The molecule has 2 saturated heterocycles. The fourth-order valence-electron chi connectivity index (χ4n) is 4.06. The lowest BCUT2D eigenvalue weighted by Gasteiger charge is -2.48. The Morgan fingerprint density at radius 1 is 1.08 bits per heavy atom. The van der Waals surface area contributed by atoms with E-state index in [-0.39, 0.29) is 5.91 Å². The Balaban J connectivity index is 1.48. The zero-order valence-corrected chi connectivity index (χ0v) is 14.9. The van der Waals surface area contributed by atoms with Crippen LogP contribution in [0.4, 0.5) is 0 Å². The minimum absolute atomic E-state index is 0.0328. The molecular weight excluding hydrogens is 320 g/mol. The van der Waals surface area contributed by atoms with Gasteiger partial charge in [-0.1, -0.05) is 0 Å². The molecule has 0 N–H and O–H groups in total. The van der Waals surface area contributed by atoms with Gasteiger partial charge in [0.1, 0.15) is 11.5 Å². The molecule has 3 fully saturated rings. The van der Waals surface area contributed by atoms with Crippen molar-refractivity contribution in [3.63, 3.8) is 0 Å². The summed E-state index contributed by atoms with van der Waals surface area (Å²) < 4.78 is 16.4. The third-order valence-electron chi connectivity index (χ3n) is 5.60. The number of piperazine rings is 1. The van der Waals surface area contributed by atoms with Crippen molar-refractivity contribution < 1.29 is 19.0 Å². The molecule has 1 aromatic carbocycles. The van der Waals surface area contributed by atoms with Crippen molar-refractivity contribution in [1.82, 2.24) is 9.80 Å². The molecule has 2 atom stereocenters. The highest BCUT2D eigenvalue weighted by atomic mass is 16.5. The molecule has 6 nitrogen and oxygen atoms in total. The van der Waals surface area contributed by atoms with Crippen molar-refractivity contribution in [1.29, 1.82) is 0 Å². The first-order valence-electron chi connectivity index (χ1n) is 9.05. The summed E-state index contributed by atoms with van der Waals surface area (Å²) in [6.07, 6.45) is 2.65. The van der Waals surface area contributed by atoms with Crippen LogP contribution in [0.1, 0.15) is 23.2 Å². The van der Waals surface area contributed by atoms with Crippen LogP contribution in [0.15, 0.2) is 18.2 Å². The van der Waals surface area contributed by atoms with Gasteiger partial charge in [0.15, 0.2) is 0 Å². The molecule has 2 aliphatic heterocycles. The lowest BCUT2D eigenvalue weighted by Crippen LogP contribution is -2.63. The number of carbonyl (C=O) groups excluding carboxylic acids is 1. The van der Waals surface area contributed by atoms with Crippen LogP contribution in [0, 0.1) is 5.92 Å². The molecule has 0 spiro atoms. The number of nitrogens with zero attached hydrogens (tertiary/aromatic N) is 2. The van der Waals surface area contributed by atoms with Gasteiger partial charge in [0, 0.05) is 37.3 Å². The first-order chi connectivity index (χ1) is 12.2. The van der Waals surface area contributed by atoms with Gasteiger partial charge in [-0.05, 0) is 30.9 Å². The van der Waals surface area contributed by atoms with Crippen molar-refractivity contribution >= 4 is 5.91 Å². The molecule has 1 aliphatic carbocycles. The Bertz CT molecular complexity index is 624. The molecular formula is C19H26N2O4. The van der Waals surface area contributed by atoms with E-state index in [0.717, 1.165) is 32.2 Å². The minimum Gasteiger partial charge on any atom is -0.497 e. The van der Waals surface area contributed by atoms with Crippen molar-refractivity contribution in [2.45, 2.75) is 24.9 Å². The Morgan fingerprint density at radius 3 is 2.44 bits per heavy atom. The van der Waals surface area contributed by atoms with Gasteiger partial charge in [0.25, 0.3) is 5.91 Å². The monoisotopic (exact) mass is 346 g/mol. The summed E-state index contributed by atoms with van der Waals surface area (Å²) in [5, 5.41) is 0. The average Bonchev–Trinajstić information content (AvgIpc) is 3.51. The quantitative estimate of drug-likeness (QED) is 0.830. The van der Waals surface area contributed by atoms with Gasteiger partial charge in [-0.25, -0.2) is 0 Å². The Kier molecular flexibility index (Phi) is 4.56. The third kappa shape index (κ3) is 3.33. The van der Waals surface area contributed by atoms with E-state index < -0.39 is 0 Å². The van der Waals surface area contributed by atoms with E-state index in [1.807, 2.05) is 4.90 Å². The first kappa shape index (κ1) is 16.7. The number of ether oxygens (including phenoxy) is 3. The number of hydrogen-bond acceptors (Lipinski definition) is 5. The molecule has 1 amide bonds. The summed E-state index contributed by atoms with van der Waals surface area (Å²) >= 11 is 0. The van der Waals surface area contributed by atoms with Crippen LogP contribution < -0.4 is 9.47 Å². The molecule has 0 aromatic heterocycles. The second-order valence-corrected chi connectivity index (χ2v) is 7.19. The predicted octanol–water partition coefficient (Wildman–Crippen LogP) is 1.64. The van der Waals surface area contributed by atoms with Gasteiger partial charge >= 0.3 is 0 Å². The van der Waals surface area contributed by atoms with E-state index in [0.29, 0.717) is 35.8 Å². The summed E-state index contributed by atoms with van der Waals surface area (Å²) in [7, 11) is 3.19. The van der Waals surface area contributed by atoms with Crippen LogP contribution in [0.3, 0.4) is 0 Å². The summed E-state index contributed by atoms with van der Waals surface area (Å²) in [6, 6.07) is 6.20. The third-order valence-corrected chi connectivity index (χ3v) is 5.60. The van der Waals surface area contributed by atoms with Gasteiger partial charge in [-0.2, -0.15) is 0 Å². The van der Waals surface area contributed by atoms with E-state index in [1.54, 1.807) is 32.4 Å². The SMILES string of the molecule is COc1cc(OC)cc(C(=O)N2CCN3C(COCC3C3CC3)C2)c1. The Hall–Kier alpha value is -1.79. The number of morpholine rings is 1. The second kappa shape index (κ2) is 6.84. The van der Waals surface area contributed by atoms with E-state index in [1.165, 1.54) is 12.8 Å². The van der Waals surface area contributed by atoms with Crippen LogP contribution >= 0.6 is 0 Å². The van der Waals surface area contributed by atoms with Crippen molar-refractivity contribution in [2.24, 2.45) is 5.92 Å². The lowest BCUT2D eigenvalue weighted by molar-refractivity contribution is -0.0816. The molecule has 0 radical (unpaired) electrons. The molecule has 4 rings (SSSR count). The molecule has 136 valence electrons. The number of fused-ring (bicyclic) bond motifs is 1. The topological polar surface area (TPSA) is 51.2 Å². The van der Waals surface area contributed by atoms with Gasteiger partial charge in [-0.3, -0.25) is 9.69 Å². The van der Waals surface area contributed by atoms with Crippen molar-refractivity contribution in [3.8, 4) is 11.5 Å². The number of hydrogen-bond donors (Lipinski definition) is 0. The molecule has 25 heavy (non-hydrogen) atoms. The lowest BCUT2D eigenvalue weighted by atomic mass is 10.0. The maximum Gasteiger partial charge on any atom is 0.254 e. The van der Waals surface area contributed by atoms with Crippen LogP contribution in [0.5, 0.6) is 11.5 Å². The van der Waals surface area contributed by atoms with Crippen LogP contribution in [0.2, 0.25) is 0 Å². The fraction of sp³-hybridized carbons (Fsp3) is 0.632. The maximum absolute atomic E-state index is 13.0. The van der Waals surface area contributed by atoms with Gasteiger partial charge in [-0.15, -0.1) is 0 Å². The second-order valence-electron chi connectivity index (χ2n) is 7.19. The number of carbonyl (C=O) groups is 1. The number of rotatable bonds is 4. The highest BCUT2D eigenvalue weighted by Crippen LogP contribution is 2.38. The molecule has 2 unspecified atom stereocenters.